The van der Waals surface area contributed by atoms with E-state index in [-0.39, 0.29) is 5.54 Å². The van der Waals surface area contributed by atoms with Crippen LogP contribution in [0, 0.1) is 0 Å². The van der Waals surface area contributed by atoms with Crippen LogP contribution in [0.5, 0.6) is 0 Å². The summed E-state index contributed by atoms with van der Waals surface area (Å²) in [5.41, 5.74) is 8.32. The molecule has 1 aromatic rings. The number of nitrogens with zero attached hydrogens (tertiary/aromatic N) is 2. The van der Waals surface area contributed by atoms with E-state index in [0.717, 1.165) is 30.1 Å². The number of benzene rings is 1. The van der Waals surface area contributed by atoms with E-state index >= 15 is 0 Å². The van der Waals surface area contributed by atoms with E-state index in [4.69, 9.17) is 18.0 Å². The van der Waals surface area contributed by atoms with Crippen molar-refractivity contribution in [2.75, 3.05) is 37.8 Å². The summed E-state index contributed by atoms with van der Waals surface area (Å²) >= 11 is 6.98. The van der Waals surface area contributed by atoms with Crippen LogP contribution < -0.4 is 10.6 Å². The van der Waals surface area contributed by atoms with Crippen molar-refractivity contribution in [3.63, 3.8) is 0 Å². The van der Waals surface area contributed by atoms with Gasteiger partial charge < -0.3 is 10.6 Å². The zero-order valence-corrected chi connectivity index (χ0v) is 14.3. The maximum atomic E-state index is 5.97. The van der Waals surface area contributed by atoms with Gasteiger partial charge in [-0.25, -0.2) is 0 Å². The third-order valence-electron chi connectivity index (χ3n) is 4.13. The number of anilines is 1. The van der Waals surface area contributed by atoms with Crippen LogP contribution in [0.15, 0.2) is 23.1 Å². The van der Waals surface area contributed by atoms with Gasteiger partial charge in [-0.05, 0) is 39.3 Å². The van der Waals surface area contributed by atoms with Crippen LogP contribution in [0.1, 0.15) is 19.4 Å². The molecule has 0 bridgehead atoms. The fourth-order valence-electron chi connectivity index (χ4n) is 2.65. The number of hydrogen-bond acceptors (Lipinski definition) is 4. The Bertz CT molecular complexity index is 514. The van der Waals surface area contributed by atoms with E-state index in [0.29, 0.717) is 4.99 Å². The molecule has 2 N–H and O–H groups in total. The molecule has 1 heterocycles. The second-order valence-corrected chi connectivity index (χ2v) is 7.16. The molecule has 0 aromatic heterocycles. The predicted molar refractivity (Wildman–Crippen MR) is 93.0 cm³/mol. The molecule has 20 heavy (non-hydrogen) atoms. The number of rotatable bonds is 3. The van der Waals surface area contributed by atoms with Gasteiger partial charge in [0.15, 0.2) is 0 Å². The monoisotopic (exact) mass is 309 g/mol. The highest BCUT2D eigenvalue weighted by molar-refractivity contribution is 7.98. The summed E-state index contributed by atoms with van der Waals surface area (Å²) < 4.78 is 0. The lowest BCUT2D eigenvalue weighted by atomic mass is 9.98. The summed E-state index contributed by atoms with van der Waals surface area (Å²) in [6.07, 6.45) is 2.06. The smallest absolute Gasteiger partial charge is 0.107 e. The van der Waals surface area contributed by atoms with Crippen LogP contribution in [0.25, 0.3) is 0 Å². The summed E-state index contributed by atoms with van der Waals surface area (Å²) in [6.45, 7) is 7.59. The molecule has 0 unspecified atom stereocenters. The van der Waals surface area contributed by atoms with Crippen LogP contribution in [0.3, 0.4) is 0 Å². The second-order valence-electron chi connectivity index (χ2n) is 5.87. The molecular formula is C15H23N3S2. The Morgan fingerprint density at radius 1 is 1.35 bits per heavy atom. The third-order valence-corrected chi connectivity index (χ3v) is 5.11. The van der Waals surface area contributed by atoms with Crippen molar-refractivity contribution >= 4 is 34.7 Å². The Balaban J connectivity index is 2.41. The van der Waals surface area contributed by atoms with E-state index in [2.05, 4.69) is 55.1 Å². The zero-order chi connectivity index (χ0) is 14.9. The van der Waals surface area contributed by atoms with Gasteiger partial charge in [-0.2, -0.15) is 0 Å². The minimum atomic E-state index is 0.154. The van der Waals surface area contributed by atoms with Crippen LogP contribution in [0.4, 0.5) is 5.69 Å². The quantitative estimate of drug-likeness (QED) is 0.685. The van der Waals surface area contributed by atoms with Crippen LogP contribution in [0.2, 0.25) is 0 Å². The molecular weight excluding hydrogens is 286 g/mol. The molecule has 1 aliphatic heterocycles. The number of hydrogen-bond donors (Lipinski definition) is 1. The molecule has 1 aromatic carbocycles. The van der Waals surface area contributed by atoms with Crippen molar-refractivity contribution in [3.8, 4) is 0 Å². The first kappa shape index (κ1) is 15.6. The Hall–Kier alpha value is -0.780. The zero-order valence-electron chi connectivity index (χ0n) is 12.6. The fourth-order valence-corrected chi connectivity index (χ4v) is 3.56. The standard InChI is InChI=1S/C15H23N3S2/c1-15(2)10-18(9-8-17(15)3)11-6-5-7-12(20-4)13(11)14(16)19/h5-7H,8-10H2,1-4H3,(H2,16,19). The van der Waals surface area contributed by atoms with E-state index in [1.807, 2.05) is 0 Å². The van der Waals surface area contributed by atoms with Crippen LogP contribution in [-0.4, -0.2) is 48.4 Å². The molecule has 2 rings (SSSR count). The van der Waals surface area contributed by atoms with Crippen LogP contribution >= 0.6 is 24.0 Å². The third kappa shape index (κ3) is 2.95. The molecule has 1 saturated heterocycles. The molecule has 0 atom stereocenters. The summed E-state index contributed by atoms with van der Waals surface area (Å²) in [5, 5.41) is 0. The van der Waals surface area contributed by atoms with Crippen molar-refractivity contribution in [2.24, 2.45) is 5.73 Å². The van der Waals surface area contributed by atoms with Gasteiger partial charge in [0.05, 0.1) is 0 Å². The van der Waals surface area contributed by atoms with E-state index in [1.165, 1.54) is 5.69 Å². The normalized spacial score (nSPS) is 19.1. The number of thiocarbonyl (C=S) groups is 1. The lowest BCUT2D eigenvalue weighted by Gasteiger charge is -2.46. The van der Waals surface area contributed by atoms with Gasteiger partial charge in [0, 0.05) is 41.3 Å². The maximum Gasteiger partial charge on any atom is 0.107 e. The van der Waals surface area contributed by atoms with E-state index in [1.54, 1.807) is 11.8 Å². The lowest BCUT2D eigenvalue weighted by Crippen LogP contribution is -2.58. The second kappa shape index (κ2) is 5.92. The number of likely N-dealkylation sites (N-methyl/N-ethyl adjacent to an activating group) is 1. The Labute approximate surface area is 131 Å². The number of nitrogens with two attached hydrogens (primary N) is 1. The van der Waals surface area contributed by atoms with Gasteiger partial charge >= 0.3 is 0 Å². The lowest BCUT2D eigenvalue weighted by molar-refractivity contribution is 0.139. The summed E-state index contributed by atoms with van der Waals surface area (Å²) in [5.74, 6) is 0. The van der Waals surface area contributed by atoms with Crippen molar-refractivity contribution in [1.29, 1.82) is 0 Å². The molecule has 0 amide bonds. The summed E-state index contributed by atoms with van der Waals surface area (Å²) in [4.78, 5) is 6.46. The van der Waals surface area contributed by atoms with E-state index < -0.39 is 0 Å². The summed E-state index contributed by atoms with van der Waals surface area (Å²) in [6, 6.07) is 6.31. The topological polar surface area (TPSA) is 32.5 Å². The van der Waals surface area contributed by atoms with Gasteiger partial charge in [-0.15, -0.1) is 11.8 Å². The first-order valence-electron chi connectivity index (χ1n) is 6.80. The highest BCUT2D eigenvalue weighted by Gasteiger charge is 2.32. The average Bonchev–Trinajstić information content (AvgIpc) is 2.40. The van der Waals surface area contributed by atoms with Crippen molar-refractivity contribution in [3.05, 3.63) is 23.8 Å². The van der Waals surface area contributed by atoms with Crippen LogP contribution in [-0.2, 0) is 0 Å². The van der Waals surface area contributed by atoms with Crippen molar-refractivity contribution < 1.29 is 0 Å². The first-order valence-corrected chi connectivity index (χ1v) is 8.43. The van der Waals surface area contributed by atoms with Crippen molar-refractivity contribution in [1.82, 2.24) is 4.90 Å². The Morgan fingerprint density at radius 3 is 2.60 bits per heavy atom. The molecule has 0 aliphatic carbocycles. The largest absolute Gasteiger partial charge is 0.389 e. The molecule has 0 saturated carbocycles. The fraction of sp³-hybridized carbons (Fsp3) is 0.533. The maximum absolute atomic E-state index is 5.97. The molecule has 110 valence electrons. The van der Waals surface area contributed by atoms with Gasteiger partial charge in [0.25, 0.3) is 0 Å². The molecule has 1 aliphatic rings. The molecule has 0 spiro atoms. The van der Waals surface area contributed by atoms with Gasteiger partial charge in [0.1, 0.15) is 4.99 Å². The number of piperazine rings is 1. The molecule has 3 nitrogen and oxygen atoms in total. The Morgan fingerprint density at radius 2 is 2.05 bits per heavy atom. The minimum absolute atomic E-state index is 0.154. The summed E-state index contributed by atoms with van der Waals surface area (Å²) in [7, 11) is 2.18. The average molecular weight is 310 g/mol. The van der Waals surface area contributed by atoms with E-state index in [9.17, 15) is 0 Å². The van der Waals surface area contributed by atoms with Gasteiger partial charge in [0.2, 0.25) is 0 Å². The number of thioether (sulfide) groups is 1. The highest BCUT2D eigenvalue weighted by Crippen LogP contribution is 2.32. The minimum Gasteiger partial charge on any atom is -0.389 e. The Kier molecular flexibility index (Phi) is 4.62. The molecule has 1 fully saturated rings. The van der Waals surface area contributed by atoms with Gasteiger partial charge in [-0.3, -0.25) is 4.90 Å². The molecule has 5 heteroatoms. The predicted octanol–water partition coefficient (Wildman–Crippen LogP) is 2.57. The van der Waals surface area contributed by atoms with Crippen molar-refractivity contribution in [2.45, 2.75) is 24.3 Å². The first-order chi connectivity index (χ1) is 9.36. The SMILES string of the molecule is CSc1cccc(N2CCN(C)C(C)(C)C2)c1C(N)=S. The molecule has 0 radical (unpaired) electrons. The van der Waals surface area contributed by atoms with Gasteiger partial charge in [-0.1, -0.05) is 18.3 Å². The highest BCUT2D eigenvalue weighted by atomic mass is 32.2.